The number of halogens is 1. The fourth-order valence-corrected chi connectivity index (χ4v) is 2.57. The minimum atomic E-state index is -0.423. The predicted molar refractivity (Wildman–Crippen MR) is 99.2 cm³/mol. The number of hydrogen-bond acceptors (Lipinski definition) is 4. The minimum absolute atomic E-state index is 0.239. The second kappa shape index (κ2) is 9.14. The summed E-state index contributed by atoms with van der Waals surface area (Å²) in [5.41, 5.74) is 2.79. The molecule has 2 aromatic carbocycles. The van der Waals surface area contributed by atoms with Crippen LogP contribution in [-0.2, 0) is 16.1 Å². The Bertz CT molecular complexity index is 768. The van der Waals surface area contributed by atoms with E-state index in [9.17, 15) is 4.79 Å². The average Bonchev–Trinajstić information content (AvgIpc) is 2.59. The molecule has 0 saturated heterocycles. The number of methoxy groups -OCH3 is 1. The normalized spacial score (nSPS) is 10.7. The Balaban J connectivity index is 2.05. The summed E-state index contributed by atoms with van der Waals surface area (Å²) in [6.07, 6.45) is 3.00. The molecule has 5 heteroatoms. The van der Waals surface area contributed by atoms with Gasteiger partial charge in [0.15, 0.2) is 11.5 Å². The maximum Gasteiger partial charge on any atom is 0.331 e. The number of ether oxygens (including phenoxy) is 3. The van der Waals surface area contributed by atoms with E-state index in [1.165, 1.54) is 13.2 Å². The van der Waals surface area contributed by atoms with Crippen molar-refractivity contribution >= 4 is 23.6 Å². The van der Waals surface area contributed by atoms with Gasteiger partial charge in [-0.2, -0.15) is 0 Å². The Morgan fingerprint density at radius 3 is 2.68 bits per heavy atom. The van der Waals surface area contributed by atoms with Crippen LogP contribution < -0.4 is 9.47 Å². The summed E-state index contributed by atoms with van der Waals surface area (Å²) in [6.45, 7) is 4.58. The summed E-state index contributed by atoms with van der Waals surface area (Å²) in [7, 11) is 1.53. The van der Waals surface area contributed by atoms with E-state index < -0.39 is 5.97 Å². The number of aryl methyl sites for hydroxylation is 1. The van der Waals surface area contributed by atoms with Gasteiger partial charge in [-0.25, -0.2) is 4.79 Å². The predicted octanol–water partition coefficient (Wildman–Crippen LogP) is 4.81. The lowest BCUT2D eigenvalue weighted by molar-refractivity contribution is -0.138. The summed E-state index contributed by atoms with van der Waals surface area (Å²) < 4.78 is 16.0. The Labute approximate surface area is 153 Å². The van der Waals surface area contributed by atoms with Gasteiger partial charge in [0.2, 0.25) is 0 Å². The van der Waals surface area contributed by atoms with E-state index >= 15 is 0 Å². The van der Waals surface area contributed by atoms with Crippen molar-refractivity contribution in [2.75, 3.05) is 13.7 Å². The monoisotopic (exact) mass is 360 g/mol. The van der Waals surface area contributed by atoms with Crippen molar-refractivity contribution in [1.82, 2.24) is 0 Å². The summed E-state index contributed by atoms with van der Waals surface area (Å²) in [5, 5.41) is 0.418. The van der Waals surface area contributed by atoms with Crippen LogP contribution in [0.2, 0.25) is 5.02 Å². The zero-order chi connectivity index (χ0) is 18.2. The van der Waals surface area contributed by atoms with Gasteiger partial charge < -0.3 is 14.2 Å². The van der Waals surface area contributed by atoms with Crippen molar-refractivity contribution in [2.45, 2.75) is 20.5 Å². The smallest absolute Gasteiger partial charge is 0.331 e. The molecule has 0 aliphatic rings. The molecule has 0 heterocycles. The molecule has 0 radical (unpaired) electrons. The fraction of sp³-hybridized carbons (Fsp3) is 0.250. The van der Waals surface area contributed by atoms with Crippen LogP contribution >= 0.6 is 11.6 Å². The van der Waals surface area contributed by atoms with Gasteiger partial charge in [-0.15, -0.1) is 0 Å². The molecule has 4 nitrogen and oxygen atoms in total. The molecule has 0 bridgehead atoms. The van der Waals surface area contributed by atoms with E-state index in [4.69, 9.17) is 25.8 Å². The first kappa shape index (κ1) is 18.9. The number of esters is 1. The van der Waals surface area contributed by atoms with Gasteiger partial charge in [0.25, 0.3) is 0 Å². The van der Waals surface area contributed by atoms with E-state index in [1.807, 2.05) is 38.1 Å². The van der Waals surface area contributed by atoms with Crippen LogP contribution in [0.4, 0.5) is 0 Å². The summed E-state index contributed by atoms with van der Waals surface area (Å²) >= 11 is 6.19. The summed E-state index contributed by atoms with van der Waals surface area (Å²) in [6, 6.07) is 11.2. The van der Waals surface area contributed by atoms with Crippen molar-refractivity contribution in [3.8, 4) is 11.5 Å². The first-order valence-electron chi connectivity index (χ1n) is 7.94. The topological polar surface area (TPSA) is 44.8 Å². The quantitative estimate of drug-likeness (QED) is 0.525. The summed E-state index contributed by atoms with van der Waals surface area (Å²) in [4.78, 5) is 11.9. The largest absolute Gasteiger partial charge is 0.491 e. The average molecular weight is 361 g/mol. The maximum atomic E-state index is 11.9. The second-order valence-electron chi connectivity index (χ2n) is 5.33. The zero-order valence-electron chi connectivity index (χ0n) is 14.5. The zero-order valence-corrected chi connectivity index (χ0v) is 15.3. The third kappa shape index (κ3) is 5.26. The minimum Gasteiger partial charge on any atom is -0.491 e. The van der Waals surface area contributed by atoms with Crippen LogP contribution in [0.3, 0.4) is 0 Å². The molecule has 0 spiro atoms. The molecule has 0 N–H and O–H groups in total. The molecule has 2 aromatic rings. The molecule has 2 rings (SSSR count). The molecule has 0 aliphatic heterocycles. The lowest BCUT2D eigenvalue weighted by Crippen LogP contribution is -2.02. The van der Waals surface area contributed by atoms with Crippen LogP contribution in [0.25, 0.3) is 6.08 Å². The van der Waals surface area contributed by atoms with Crippen molar-refractivity contribution < 1.29 is 19.0 Å². The van der Waals surface area contributed by atoms with Gasteiger partial charge in [-0.3, -0.25) is 0 Å². The van der Waals surface area contributed by atoms with Gasteiger partial charge >= 0.3 is 5.97 Å². The van der Waals surface area contributed by atoms with Crippen molar-refractivity contribution in [3.05, 3.63) is 64.2 Å². The van der Waals surface area contributed by atoms with Gasteiger partial charge in [0, 0.05) is 6.08 Å². The highest BCUT2D eigenvalue weighted by atomic mass is 35.5. The Morgan fingerprint density at radius 1 is 1.24 bits per heavy atom. The van der Waals surface area contributed by atoms with Crippen LogP contribution in [0.5, 0.6) is 11.5 Å². The van der Waals surface area contributed by atoms with Crippen molar-refractivity contribution in [3.63, 3.8) is 0 Å². The van der Waals surface area contributed by atoms with Crippen LogP contribution in [0, 0.1) is 6.92 Å². The van der Waals surface area contributed by atoms with Crippen LogP contribution in [0.15, 0.2) is 42.5 Å². The molecular weight excluding hydrogens is 340 g/mol. The van der Waals surface area contributed by atoms with Crippen molar-refractivity contribution in [1.29, 1.82) is 0 Å². The standard InChI is InChI=1S/C20H21ClO4/c1-4-24-18-12-15(11-17(21)20(18)23-3)9-10-19(22)25-13-16-8-6-5-7-14(16)2/h5-12H,4,13H2,1-3H3/b10-9+. The molecule has 0 fully saturated rings. The highest BCUT2D eigenvalue weighted by molar-refractivity contribution is 6.32. The van der Waals surface area contributed by atoms with Crippen molar-refractivity contribution in [2.24, 2.45) is 0 Å². The van der Waals surface area contributed by atoms with E-state index in [2.05, 4.69) is 0 Å². The molecular formula is C20H21ClO4. The third-order valence-electron chi connectivity index (χ3n) is 3.58. The second-order valence-corrected chi connectivity index (χ2v) is 5.74. The van der Waals surface area contributed by atoms with Gasteiger partial charge in [-0.1, -0.05) is 35.9 Å². The molecule has 0 aliphatic carbocycles. The Hall–Kier alpha value is -2.46. The van der Waals surface area contributed by atoms with Gasteiger partial charge in [-0.05, 0) is 48.7 Å². The lowest BCUT2D eigenvalue weighted by atomic mass is 10.1. The molecule has 0 saturated carbocycles. The number of hydrogen-bond donors (Lipinski definition) is 0. The SMILES string of the molecule is CCOc1cc(/C=C/C(=O)OCc2ccccc2C)cc(Cl)c1OC. The first-order valence-corrected chi connectivity index (χ1v) is 8.32. The van der Waals surface area contributed by atoms with E-state index in [-0.39, 0.29) is 6.61 Å². The molecule has 0 atom stereocenters. The molecule has 0 aromatic heterocycles. The summed E-state index contributed by atoms with van der Waals surface area (Å²) in [5.74, 6) is 0.585. The van der Waals surface area contributed by atoms with E-state index in [1.54, 1.807) is 18.2 Å². The molecule has 25 heavy (non-hydrogen) atoms. The van der Waals surface area contributed by atoms with Crippen LogP contribution in [0.1, 0.15) is 23.6 Å². The maximum absolute atomic E-state index is 11.9. The number of carbonyl (C=O) groups is 1. The molecule has 0 amide bonds. The number of carbonyl (C=O) groups excluding carboxylic acids is 1. The van der Waals surface area contributed by atoms with Gasteiger partial charge in [0.05, 0.1) is 18.7 Å². The lowest BCUT2D eigenvalue weighted by Gasteiger charge is -2.11. The van der Waals surface area contributed by atoms with Gasteiger partial charge in [0.1, 0.15) is 6.61 Å². The number of benzene rings is 2. The van der Waals surface area contributed by atoms with Crippen LogP contribution in [-0.4, -0.2) is 19.7 Å². The Kier molecular flexibility index (Phi) is 6.90. The number of rotatable bonds is 7. The highest BCUT2D eigenvalue weighted by Crippen LogP contribution is 2.36. The molecule has 0 unspecified atom stereocenters. The molecule has 132 valence electrons. The van der Waals surface area contributed by atoms with E-state index in [0.717, 1.165) is 16.7 Å². The Morgan fingerprint density at radius 2 is 2.00 bits per heavy atom. The van der Waals surface area contributed by atoms with E-state index in [0.29, 0.717) is 23.1 Å². The third-order valence-corrected chi connectivity index (χ3v) is 3.86. The highest BCUT2D eigenvalue weighted by Gasteiger charge is 2.10. The fourth-order valence-electron chi connectivity index (χ4n) is 2.28. The first-order chi connectivity index (χ1) is 12.0.